The average Bonchev–Trinajstić information content (AvgIpc) is 2.45. The quantitative estimate of drug-likeness (QED) is 0.416. The van der Waals surface area contributed by atoms with Crippen LogP contribution in [0.4, 0.5) is 0 Å². The van der Waals surface area contributed by atoms with Crippen LogP contribution in [0.1, 0.15) is 66.7 Å². The first kappa shape index (κ1) is 18.3. The fraction of sp³-hybridized carbons (Fsp3) is 0.600. The van der Waals surface area contributed by atoms with Gasteiger partial charge in [0.15, 0.2) is 0 Å². The largest absolute Gasteiger partial charge is 0.466 e. The van der Waals surface area contributed by atoms with E-state index < -0.39 is 0 Å². The minimum absolute atomic E-state index is 0.0208. The Morgan fingerprint density at radius 3 is 2.59 bits per heavy atom. The maximum atomic E-state index is 11.3. The molecule has 0 amide bonds. The van der Waals surface area contributed by atoms with Crippen LogP contribution in [0.3, 0.4) is 0 Å². The van der Waals surface area contributed by atoms with E-state index in [1.54, 1.807) is 6.08 Å². The number of carbonyl (C=O) groups excluding carboxylic acids is 1. The fourth-order valence-electron chi connectivity index (χ4n) is 2.31. The van der Waals surface area contributed by atoms with E-state index in [-0.39, 0.29) is 17.8 Å². The minimum atomic E-state index is -0.201. The summed E-state index contributed by atoms with van der Waals surface area (Å²) in [7, 11) is 0. The van der Waals surface area contributed by atoms with Crippen molar-refractivity contribution in [2.75, 3.05) is 6.61 Å². The Morgan fingerprint density at radius 2 is 1.95 bits per heavy atom. The van der Waals surface area contributed by atoms with Crippen LogP contribution in [0.2, 0.25) is 0 Å². The highest BCUT2D eigenvalue weighted by atomic mass is 16.5. The Labute approximate surface area is 135 Å². The monoisotopic (exact) mass is 300 g/mol. The molecule has 0 saturated carbocycles. The fourth-order valence-corrected chi connectivity index (χ4v) is 2.31. The van der Waals surface area contributed by atoms with Crippen LogP contribution in [-0.4, -0.2) is 12.6 Å². The second-order valence-corrected chi connectivity index (χ2v) is 6.65. The van der Waals surface area contributed by atoms with Gasteiger partial charge in [-0.1, -0.05) is 11.8 Å². The molecule has 0 saturated heterocycles. The van der Waals surface area contributed by atoms with Crippen LogP contribution < -0.4 is 0 Å². The van der Waals surface area contributed by atoms with E-state index in [1.807, 2.05) is 6.92 Å². The van der Waals surface area contributed by atoms with Crippen LogP contribution in [0, 0.1) is 17.3 Å². The second kappa shape index (κ2) is 8.66. The summed E-state index contributed by atoms with van der Waals surface area (Å²) < 4.78 is 4.91. The number of carbonyl (C=O) groups is 1. The maximum Gasteiger partial charge on any atom is 0.310 e. The van der Waals surface area contributed by atoms with Crippen LogP contribution >= 0.6 is 0 Å². The van der Waals surface area contributed by atoms with E-state index in [0.717, 1.165) is 18.4 Å². The third-order valence-corrected chi connectivity index (χ3v) is 3.40. The molecule has 0 aromatic rings. The molecule has 0 unspecified atom stereocenters. The predicted molar refractivity (Wildman–Crippen MR) is 91.2 cm³/mol. The van der Waals surface area contributed by atoms with Gasteiger partial charge in [0.2, 0.25) is 0 Å². The van der Waals surface area contributed by atoms with Gasteiger partial charge in [-0.25, -0.2) is 0 Å². The molecule has 0 radical (unpaired) electrons. The van der Waals surface area contributed by atoms with Gasteiger partial charge in [-0.3, -0.25) is 4.79 Å². The topological polar surface area (TPSA) is 26.3 Å². The molecule has 0 heterocycles. The van der Waals surface area contributed by atoms with Crippen LogP contribution in [0.25, 0.3) is 0 Å². The van der Waals surface area contributed by atoms with Gasteiger partial charge in [0.25, 0.3) is 0 Å². The SMILES string of the molecule is CCOC(=O)CC=C=C(C)C1=C(C#CC(C)(C)C)CCCC1. The molecule has 22 heavy (non-hydrogen) atoms. The van der Waals surface area contributed by atoms with Gasteiger partial charge in [-0.05, 0) is 77.5 Å². The summed E-state index contributed by atoms with van der Waals surface area (Å²) in [6.45, 7) is 10.7. The summed E-state index contributed by atoms with van der Waals surface area (Å²) in [5.41, 5.74) is 6.91. The minimum Gasteiger partial charge on any atom is -0.466 e. The molecule has 1 rings (SSSR count). The Hall–Kier alpha value is -1.71. The zero-order valence-electron chi connectivity index (χ0n) is 14.6. The summed E-state index contributed by atoms with van der Waals surface area (Å²) in [6, 6.07) is 0. The van der Waals surface area contributed by atoms with Crippen molar-refractivity contribution in [2.24, 2.45) is 5.41 Å². The molecule has 120 valence electrons. The highest BCUT2D eigenvalue weighted by Gasteiger charge is 2.13. The Bertz CT molecular complexity index is 553. The molecule has 2 nitrogen and oxygen atoms in total. The molecule has 0 spiro atoms. The molecule has 2 heteroatoms. The van der Waals surface area contributed by atoms with Crippen molar-refractivity contribution >= 4 is 5.97 Å². The van der Waals surface area contributed by atoms with Gasteiger partial charge in [-0.15, -0.1) is 5.73 Å². The molecule has 0 bridgehead atoms. The number of ether oxygens (including phenoxy) is 1. The number of hydrogen-bond donors (Lipinski definition) is 0. The molecule has 0 aliphatic heterocycles. The van der Waals surface area contributed by atoms with E-state index in [4.69, 9.17) is 4.74 Å². The van der Waals surface area contributed by atoms with Crippen molar-refractivity contribution < 1.29 is 9.53 Å². The zero-order chi connectivity index (χ0) is 16.6. The van der Waals surface area contributed by atoms with Gasteiger partial charge in [0.05, 0.1) is 13.0 Å². The van der Waals surface area contributed by atoms with E-state index >= 15 is 0 Å². The van der Waals surface area contributed by atoms with Crippen LogP contribution in [0.15, 0.2) is 28.5 Å². The number of allylic oxidation sites excluding steroid dienone is 2. The van der Waals surface area contributed by atoms with E-state index in [2.05, 4.69) is 45.3 Å². The van der Waals surface area contributed by atoms with Gasteiger partial charge < -0.3 is 4.74 Å². The highest BCUT2D eigenvalue weighted by Crippen LogP contribution is 2.29. The smallest absolute Gasteiger partial charge is 0.310 e. The number of esters is 1. The molecule has 0 aromatic carbocycles. The summed E-state index contributed by atoms with van der Waals surface area (Å²) in [5.74, 6) is 6.51. The van der Waals surface area contributed by atoms with Crippen molar-refractivity contribution in [2.45, 2.75) is 66.7 Å². The van der Waals surface area contributed by atoms with Gasteiger partial charge >= 0.3 is 5.97 Å². The van der Waals surface area contributed by atoms with Crippen LogP contribution in [0.5, 0.6) is 0 Å². The molecule has 1 aliphatic carbocycles. The van der Waals surface area contributed by atoms with E-state index in [0.29, 0.717) is 6.61 Å². The average molecular weight is 300 g/mol. The maximum absolute atomic E-state index is 11.3. The first-order valence-corrected chi connectivity index (χ1v) is 8.16. The molecule has 0 aromatic heterocycles. The molecular weight excluding hydrogens is 272 g/mol. The Kier molecular flexibility index (Phi) is 7.22. The lowest BCUT2D eigenvalue weighted by molar-refractivity contribution is -0.142. The lowest BCUT2D eigenvalue weighted by Gasteiger charge is -2.17. The number of rotatable bonds is 4. The summed E-state index contributed by atoms with van der Waals surface area (Å²) in [5, 5.41) is 0. The zero-order valence-corrected chi connectivity index (χ0v) is 14.6. The lowest BCUT2D eigenvalue weighted by atomic mass is 9.87. The predicted octanol–water partition coefficient (Wildman–Crippen LogP) is 4.96. The molecule has 0 fully saturated rings. The van der Waals surface area contributed by atoms with Crippen molar-refractivity contribution in [1.82, 2.24) is 0 Å². The van der Waals surface area contributed by atoms with Crippen molar-refractivity contribution in [3.63, 3.8) is 0 Å². The van der Waals surface area contributed by atoms with Crippen LogP contribution in [-0.2, 0) is 9.53 Å². The Balaban J connectivity index is 2.96. The Morgan fingerprint density at radius 1 is 1.27 bits per heavy atom. The van der Waals surface area contributed by atoms with Gasteiger partial charge in [-0.2, -0.15) is 0 Å². The summed E-state index contributed by atoms with van der Waals surface area (Å²) >= 11 is 0. The second-order valence-electron chi connectivity index (χ2n) is 6.65. The third-order valence-electron chi connectivity index (χ3n) is 3.40. The van der Waals surface area contributed by atoms with Gasteiger partial charge in [0.1, 0.15) is 0 Å². The van der Waals surface area contributed by atoms with E-state index in [9.17, 15) is 4.79 Å². The summed E-state index contributed by atoms with van der Waals surface area (Å²) in [6.07, 6.45) is 6.56. The molecular formula is C20H28O2. The standard InChI is InChI=1S/C20H28O2/c1-6-22-19(21)13-9-10-16(2)18-12-8-7-11-17(18)14-15-20(3,4)5/h9H,6-8,11-13H2,1-5H3. The highest BCUT2D eigenvalue weighted by molar-refractivity contribution is 5.71. The van der Waals surface area contributed by atoms with Crippen molar-refractivity contribution in [3.8, 4) is 11.8 Å². The van der Waals surface area contributed by atoms with Crippen molar-refractivity contribution in [1.29, 1.82) is 0 Å². The van der Waals surface area contributed by atoms with Crippen molar-refractivity contribution in [3.05, 3.63) is 28.5 Å². The lowest BCUT2D eigenvalue weighted by Crippen LogP contribution is -2.03. The van der Waals surface area contributed by atoms with Gasteiger partial charge in [0, 0.05) is 11.0 Å². The normalized spacial score (nSPS) is 14.6. The summed E-state index contributed by atoms with van der Waals surface area (Å²) in [4.78, 5) is 11.3. The molecule has 0 atom stereocenters. The molecule has 1 aliphatic rings. The third kappa shape index (κ3) is 6.83. The molecule has 0 N–H and O–H groups in total. The van der Waals surface area contributed by atoms with E-state index in [1.165, 1.54) is 24.0 Å². The first-order chi connectivity index (χ1) is 10.3. The number of hydrogen-bond acceptors (Lipinski definition) is 2. The first-order valence-electron chi connectivity index (χ1n) is 8.16.